The zero-order chi connectivity index (χ0) is 21.9. The second kappa shape index (κ2) is 8.53. The molecule has 8 nitrogen and oxygen atoms in total. The zero-order valence-electron chi connectivity index (χ0n) is 17.3. The summed E-state index contributed by atoms with van der Waals surface area (Å²) in [4.78, 5) is 29.0. The molecule has 1 aromatic carbocycles. The molecule has 0 radical (unpaired) electrons. The summed E-state index contributed by atoms with van der Waals surface area (Å²) >= 11 is 0. The van der Waals surface area contributed by atoms with Crippen LogP contribution in [0.3, 0.4) is 0 Å². The minimum Gasteiger partial charge on any atom is -0.507 e. The molecule has 0 aliphatic carbocycles. The third-order valence-electron chi connectivity index (χ3n) is 4.87. The first-order valence-corrected chi connectivity index (χ1v) is 9.28. The van der Waals surface area contributed by atoms with Crippen LogP contribution < -0.4 is 10.6 Å². The predicted octanol–water partition coefficient (Wildman–Crippen LogP) is 1.78. The lowest BCUT2D eigenvalue weighted by atomic mass is 10.0. The average Bonchev–Trinajstić information content (AvgIpc) is 2.69. The highest BCUT2D eigenvalue weighted by Gasteiger charge is 2.36. The molecule has 0 atom stereocenters. The Morgan fingerprint density at radius 1 is 1.17 bits per heavy atom. The lowest BCUT2D eigenvalue weighted by Crippen LogP contribution is -2.50. The number of aryl methyl sites for hydroxylation is 2. The van der Waals surface area contributed by atoms with Gasteiger partial charge in [0.1, 0.15) is 11.6 Å². The van der Waals surface area contributed by atoms with Crippen LogP contribution in [0.15, 0.2) is 24.4 Å². The number of hydrogen-bond donors (Lipinski definition) is 3. The Morgan fingerprint density at radius 3 is 2.47 bits per heavy atom. The van der Waals surface area contributed by atoms with Gasteiger partial charge in [-0.25, -0.2) is 4.98 Å². The topological polar surface area (TPSA) is 110 Å². The Kier molecular flexibility index (Phi) is 6.06. The van der Waals surface area contributed by atoms with Crippen LogP contribution in [0.5, 0.6) is 5.75 Å². The average molecular weight is 409 g/mol. The predicted molar refractivity (Wildman–Crippen MR) is 111 cm³/mol. The summed E-state index contributed by atoms with van der Waals surface area (Å²) in [5.41, 5.74) is 1.68. The molecule has 0 spiro atoms. The number of carbonyl (C=O) groups excluding carboxylic acids is 2. The Labute approximate surface area is 174 Å². The number of rotatable bonds is 4. The fraction of sp³-hybridized carbons (Fsp3) is 0.318. The number of ether oxygens (including phenoxy) is 2. The van der Waals surface area contributed by atoms with Crippen LogP contribution in [0.2, 0.25) is 0 Å². The molecular formula is C22H23N3O5. The SMILES string of the molecule is CNC(=O)c1cc(C(=O)Nc2ncc(C#CC3(OC)COC3)cc2C)c(C)cc1O. The summed E-state index contributed by atoms with van der Waals surface area (Å²) in [6.07, 6.45) is 1.57. The van der Waals surface area contributed by atoms with Gasteiger partial charge in [0.25, 0.3) is 11.8 Å². The number of aromatic hydroxyl groups is 1. The minimum atomic E-state index is -0.570. The standard InChI is InChI=1S/C22H23N3O5/c1-13-8-18(26)17(20(27)23-3)9-16(13)21(28)25-19-14(2)7-15(10-24-19)5-6-22(29-4)11-30-12-22/h7-10,26H,11-12H2,1-4H3,(H,23,27)(H,24,25,28). The van der Waals surface area contributed by atoms with E-state index >= 15 is 0 Å². The molecule has 3 N–H and O–H groups in total. The van der Waals surface area contributed by atoms with Gasteiger partial charge in [-0.2, -0.15) is 0 Å². The largest absolute Gasteiger partial charge is 0.507 e. The van der Waals surface area contributed by atoms with E-state index in [-0.39, 0.29) is 16.9 Å². The van der Waals surface area contributed by atoms with Crippen LogP contribution in [0.1, 0.15) is 37.4 Å². The molecule has 8 heteroatoms. The van der Waals surface area contributed by atoms with Gasteiger partial charge in [0, 0.05) is 31.5 Å². The molecule has 1 aliphatic heterocycles. The highest BCUT2D eigenvalue weighted by atomic mass is 16.6. The number of amides is 2. The first kappa shape index (κ1) is 21.3. The molecule has 1 aliphatic rings. The van der Waals surface area contributed by atoms with Crippen LogP contribution in [0.4, 0.5) is 5.82 Å². The van der Waals surface area contributed by atoms with Gasteiger partial charge in [0.2, 0.25) is 0 Å². The summed E-state index contributed by atoms with van der Waals surface area (Å²) < 4.78 is 10.5. The van der Waals surface area contributed by atoms with Crippen molar-refractivity contribution in [3.05, 3.63) is 52.2 Å². The van der Waals surface area contributed by atoms with E-state index in [1.807, 2.05) is 13.0 Å². The maximum absolute atomic E-state index is 12.8. The van der Waals surface area contributed by atoms with Crippen molar-refractivity contribution in [2.24, 2.45) is 0 Å². The van der Waals surface area contributed by atoms with Crippen molar-refractivity contribution in [3.8, 4) is 17.6 Å². The van der Waals surface area contributed by atoms with Crippen molar-refractivity contribution in [1.82, 2.24) is 10.3 Å². The number of carbonyl (C=O) groups is 2. The van der Waals surface area contributed by atoms with E-state index < -0.39 is 17.4 Å². The van der Waals surface area contributed by atoms with Crippen LogP contribution >= 0.6 is 0 Å². The van der Waals surface area contributed by atoms with Gasteiger partial charge in [-0.1, -0.05) is 11.8 Å². The molecule has 2 amide bonds. The smallest absolute Gasteiger partial charge is 0.257 e. The number of hydrogen-bond acceptors (Lipinski definition) is 6. The third-order valence-corrected chi connectivity index (χ3v) is 4.87. The van der Waals surface area contributed by atoms with E-state index in [9.17, 15) is 14.7 Å². The molecule has 0 unspecified atom stereocenters. The van der Waals surface area contributed by atoms with Gasteiger partial charge in [0.15, 0.2) is 5.60 Å². The van der Waals surface area contributed by atoms with Crippen molar-refractivity contribution >= 4 is 17.6 Å². The van der Waals surface area contributed by atoms with Gasteiger partial charge in [-0.05, 0) is 43.2 Å². The molecule has 30 heavy (non-hydrogen) atoms. The lowest BCUT2D eigenvalue weighted by Gasteiger charge is -2.35. The quantitative estimate of drug-likeness (QED) is 0.664. The second-order valence-electron chi connectivity index (χ2n) is 7.05. The monoisotopic (exact) mass is 409 g/mol. The number of nitrogens with zero attached hydrogens (tertiary/aromatic N) is 1. The van der Waals surface area contributed by atoms with Gasteiger partial charge >= 0.3 is 0 Å². The molecule has 3 rings (SSSR count). The number of pyridine rings is 1. The number of aromatic nitrogens is 1. The van der Waals surface area contributed by atoms with Crippen LogP contribution in [-0.2, 0) is 9.47 Å². The van der Waals surface area contributed by atoms with E-state index in [4.69, 9.17) is 9.47 Å². The summed E-state index contributed by atoms with van der Waals surface area (Å²) in [5, 5.41) is 15.2. The first-order chi connectivity index (χ1) is 14.3. The van der Waals surface area contributed by atoms with Gasteiger partial charge in [-0.15, -0.1) is 0 Å². The lowest BCUT2D eigenvalue weighted by molar-refractivity contribution is -0.159. The second-order valence-corrected chi connectivity index (χ2v) is 7.05. The van der Waals surface area contributed by atoms with E-state index in [1.165, 1.54) is 19.2 Å². The molecule has 1 fully saturated rings. The van der Waals surface area contributed by atoms with Gasteiger partial charge in [0.05, 0.1) is 18.8 Å². The number of benzene rings is 1. The normalized spacial score (nSPS) is 14.1. The maximum atomic E-state index is 12.8. The number of anilines is 1. The fourth-order valence-corrected chi connectivity index (χ4v) is 2.92. The molecule has 0 bridgehead atoms. The van der Waals surface area contributed by atoms with Crippen molar-refractivity contribution < 1.29 is 24.2 Å². The first-order valence-electron chi connectivity index (χ1n) is 9.28. The third kappa shape index (κ3) is 4.27. The molecular weight excluding hydrogens is 386 g/mol. The zero-order valence-corrected chi connectivity index (χ0v) is 17.3. The molecule has 1 aromatic heterocycles. The highest BCUT2D eigenvalue weighted by molar-refractivity contribution is 6.07. The summed E-state index contributed by atoms with van der Waals surface area (Å²) in [6.45, 7) is 4.35. The number of nitrogens with one attached hydrogen (secondary N) is 2. The maximum Gasteiger partial charge on any atom is 0.257 e. The van der Waals surface area contributed by atoms with Crippen LogP contribution in [-0.4, -0.2) is 54.9 Å². The number of phenolic OH excluding ortho intramolecular Hbond substituents is 1. The van der Waals surface area contributed by atoms with Crippen LogP contribution in [0, 0.1) is 25.7 Å². The minimum absolute atomic E-state index is 0.0237. The fourth-order valence-electron chi connectivity index (χ4n) is 2.92. The summed E-state index contributed by atoms with van der Waals surface area (Å²) in [6, 6.07) is 4.56. The van der Waals surface area contributed by atoms with Gasteiger partial charge in [-0.3, -0.25) is 9.59 Å². The molecule has 0 saturated carbocycles. The van der Waals surface area contributed by atoms with Gasteiger partial charge < -0.3 is 25.2 Å². The van der Waals surface area contributed by atoms with Crippen LogP contribution in [0.25, 0.3) is 0 Å². The Bertz CT molecular complexity index is 1060. The Balaban J connectivity index is 1.81. The van der Waals surface area contributed by atoms with Crippen molar-refractivity contribution in [1.29, 1.82) is 0 Å². The molecule has 156 valence electrons. The molecule has 1 saturated heterocycles. The van der Waals surface area contributed by atoms with Crippen molar-refractivity contribution in [3.63, 3.8) is 0 Å². The number of methoxy groups -OCH3 is 1. The van der Waals surface area contributed by atoms with E-state index in [1.54, 1.807) is 20.2 Å². The summed E-state index contributed by atoms with van der Waals surface area (Å²) in [7, 11) is 3.05. The number of phenols is 1. The Morgan fingerprint density at radius 2 is 1.90 bits per heavy atom. The van der Waals surface area contributed by atoms with E-state index in [2.05, 4.69) is 27.5 Å². The van der Waals surface area contributed by atoms with E-state index in [0.29, 0.717) is 30.2 Å². The highest BCUT2D eigenvalue weighted by Crippen LogP contribution is 2.24. The Hall–Kier alpha value is -3.41. The summed E-state index contributed by atoms with van der Waals surface area (Å²) in [5.74, 6) is 5.37. The van der Waals surface area contributed by atoms with Crippen molar-refractivity contribution in [2.75, 3.05) is 32.7 Å². The van der Waals surface area contributed by atoms with Crippen molar-refractivity contribution in [2.45, 2.75) is 19.4 Å². The molecule has 2 heterocycles. The van der Waals surface area contributed by atoms with E-state index in [0.717, 1.165) is 5.56 Å². The molecule has 2 aromatic rings.